The molecule has 0 saturated heterocycles. The van der Waals surface area contributed by atoms with Gasteiger partial charge in [-0.25, -0.2) is 8.42 Å². The summed E-state index contributed by atoms with van der Waals surface area (Å²) < 4.78 is 29.3. The lowest BCUT2D eigenvalue weighted by Gasteiger charge is -2.32. The largest absolute Gasteiger partial charge is 0.355 e. The fraction of sp³-hybridized carbons (Fsp3) is 0.259. The molecule has 0 saturated carbocycles. The van der Waals surface area contributed by atoms with Crippen molar-refractivity contribution in [3.8, 4) is 0 Å². The van der Waals surface area contributed by atoms with E-state index in [-0.39, 0.29) is 17.3 Å². The smallest absolute Gasteiger partial charge is 0.264 e. The average molecular weight is 641 g/mol. The Morgan fingerprint density at radius 1 is 1.03 bits per heavy atom. The summed E-state index contributed by atoms with van der Waals surface area (Å²) in [6, 6.07) is 17.0. The average Bonchev–Trinajstić information content (AvgIpc) is 2.86. The molecule has 202 valence electrons. The molecule has 0 spiro atoms. The van der Waals surface area contributed by atoms with Crippen molar-refractivity contribution in [3.63, 3.8) is 0 Å². The fourth-order valence-corrected chi connectivity index (χ4v) is 6.00. The number of carbonyl (C=O) groups is 2. The van der Waals surface area contributed by atoms with Crippen molar-refractivity contribution in [3.05, 3.63) is 92.4 Å². The second kappa shape index (κ2) is 13.0. The van der Waals surface area contributed by atoms with E-state index in [1.54, 1.807) is 68.4 Å². The van der Waals surface area contributed by atoms with Crippen molar-refractivity contribution in [1.82, 2.24) is 10.2 Å². The van der Waals surface area contributed by atoms with Crippen molar-refractivity contribution < 1.29 is 18.0 Å². The van der Waals surface area contributed by atoms with Crippen LogP contribution in [0.25, 0.3) is 0 Å². The molecule has 0 fully saturated rings. The normalized spacial score (nSPS) is 12.1. The Balaban J connectivity index is 2.05. The molecule has 0 radical (unpaired) electrons. The van der Waals surface area contributed by atoms with E-state index in [2.05, 4.69) is 21.2 Å². The van der Waals surface area contributed by atoms with Gasteiger partial charge in [-0.15, -0.1) is 0 Å². The molecular formula is C27H28BrCl2N3O4S. The summed E-state index contributed by atoms with van der Waals surface area (Å²) >= 11 is 15.8. The molecule has 0 unspecified atom stereocenters. The number of benzene rings is 3. The number of sulfonamides is 1. The highest BCUT2D eigenvalue weighted by Crippen LogP contribution is 2.28. The maximum atomic E-state index is 13.8. The molecule has 11 heteroatoms. The van der Waals surface area contributed by atoms with Crippen LogP contribution in [0, 0.1) is 6.92 Å². The second-order valence-corrected chi connectivity index (χ2v) is 12.3. The van der Waals surface area contributed by atoms with Crippen LogP contribution >= 0.6 is 39.1 Å². The highest BCUT2D eigenvalue weighted by atomic mass is 79.9. The molecule has 0 aromatic heterocycles. The van der Waals surface area contributed by atoms with Crippen molar-refractivity contribution in [2.24, 2.45) is 0 Å². The molecule has 0 bridgehead atoms. The summed E-state index contributed by atoms with van der Waals surface area (Å²) in [5, 5.41) is 3.48. The first kappa shape index (κ1) is 30.0. The van der Waals surface area contributed by atoms with E-state index in [0.717, 1.165) is 9.87 Å². The van der Waals surface area contributed by atoms with Gasteiger partial charge in [-0.3, -0.25) is 13.9 Å². The molecule has 7 nitrogen and oxygen atoms in total. The maximum Gasteiger partial charge on any atom is 0.264 e. The summed E-state index contributed by atoms with van der Waals surface area (Å²) in [4.78, 5) is 28.0. The first-order chi connectivity index (χ1) is 17.9. The van der Waals surface area contributed by atoms with Gasteiger partial charge in [-0.05, 0) is 68.8 Å². The van der Waals surface area contributed by atoms with Crippen LogP contribution in [0.1, 0.15) is 25.0 Å². The minimum absolute atomic E-state index is 0.0238. The lowest BCUT2D eigenvalue weighted by atomic mass is 10.1. The molecule has 3 aromatic rings. The van der Waals surface area contributed by atoms with Gasteiger partial charge in [-0.1, -0.05) is 69.0 Å². The topological polar surface area (TPSA) is 86.8 Å². The third-order valence-corrected chi connectivity index (χ3v) is 8.73. The van der Waals surface area contributed by atoms with E-state index < -0.39 is 28.5 Å². The van der Waals surface area contributed by atoms with Crippen molar-refractivity contribution in [2.75, 3.05) is 17.4 Å². The van der Waals surface area contributed by atoms with E-state index in [1.807, 2.05) is 6.92 Å². The quantitative estimate of drug-likeness (QED) is 0.303. The highest BCUT2D eigenvalue weighted by Gasteiger charge is 2.32. The van der Waals surface area contributed by atoms with E-state index >= 15 is 0 Å². The first-order valence-electron chi connectivity index (χ1n) is 11.8. The number of nitrogens with zero attached hydrogens (tertiary/aromatic N) is 2. The zero-order valence-electron chi connectivity index (χ0n) is 21.1. The molecule has 1 N–H and O–H groups in total. The number of rotatable bonds is 10. The Morgan fingerprint density at radius 2 is 1.71 bits per heavy atom. The number of carbonyl (C=O) groups excluding carboxylic acids is 2. The predicted octanol–water partition coefficient (Wildman–Crippen LogP) is 5.81. The number of hydrogen-bond acceptors (Lipinski definition) is 4. The lowest BCUT2D eigenvalue weighted by molar-refractivity contribution is -0.139. The minimum atomic E-state index is -4.14. The SMILES string of the molecule is CCNC(=O)[C@H](C)N(Cc1ccc(Cl)cc1Cl)C(=O)CN(c1cccc(Br)c1)S(=O)(=O)c1ccc(C)cc1. The zero-order chi connectivity index (χ0) is 28.0. The van der Waals surface area contributed by atoms with Crippen molar-refractivity contribution >= 4 is 66.7 Å². The second-order valence-electron chi connectivity index (χ2n) is 8.63. The van der Waals surface area contributed by atoms with Crippen molar-refractivity contribution in [2.45, 2.75) is 38.3 Å². The number of nitrogens with one attached hydrogen (secondary N) is 1. The van der Waals surface area contributed by atoms with Gasteiger partial charge in [-0.2, -0.15) is 0 Å². The zero-order valence-corrected chi connectivity index (χ0v) is 25.0. The van der Waals surface area contributed by atoms with Gasteiger partial charge in [0.1, 0.15) is 12.6 Å². The number of halogens is 3. The number of likely N-dealkylation sites (N-methyl/N-ethyl adjacent to an activating group) is 1. The van der Waals surface area contributed by atoms with Gasteiger partial charge in [0.2, 0.25) is 11.8 Å². The number of amides is 2. The standard InChI is InChI=1S/C27H28BrCl2N3O4S/c1-4-31-27(35)19(3)32(16-20-10-11-22(29)15-25(20)30)26(34)17-33(23-7-5-6-21(28)14-23)38(36,37)24-12-8-18(2)9-13-24/h5-15,19H,4,16-17H2,1-3H3,(H,31,35)/t19-/m0/s1. The molecular weight excluding hydrogens is 613 g/mol. The Labute approximate surface area is 241 Å². The van der Waals surface area contributed by atoms with Crippen LogP contribution in [-0.2, 0) is 26.2 Å². The van der Waals surface area contributed by atoms with Gasteiger partial charge in [0.25, 0.3) is 10.0 Å². The van der Waals surface area contributed by atoms with E-state index in [1.165, 1.54) is 17.0 Å². The lowest BCUT2D eigenvalue weighted by Crippen LogP contribution is -2.51. The van der Waals surface area contributed by atoms with E-state index in [4.69, 9.17) is 23.2 Å². The van der Waals surface area contributed by atoms with Gasteiger partial charge in [0.05, 0.1) is 10.6 Å². The number of aryl methyl sites for hydroxylation is 1. The molecule has 38 heavy (non-hydrogen) atoms. The summed E-state index contributed by atoms with van der Waals surface area (Å²) in [5.41, 5.74) is 1.76. The molecule has 1 atom stereocenters. The first-order valence-corrected chi connectivity index (χ1v) is 14.8. The molecule has 3 aromatic carbocycles. The summed E-state index contributed by atoms with van der Waals surface area (Å²) in [6.45, 7) is 5.03. The van der Waals surface area contributed by atoms with Crippen LogP contribution < -0.4 is 9.62 Å². The Hall–Kier alpha value is -2.59. The van der Waals surface area contributed by atoms with Gasteiger partial charge in [0.15, 0.2) is 0 Å². The molecule has 0 aliphatic heterocycles. The minimum Gasteiger partial charge on any atom is -0.355 e. The maximum absolute atomic E-state index is 13.8. The molecule has 0 aliphatic rings. The Morgan fingerprint density at radius 3 is 2.32 bits per heavy atom. The highest BCUT2D eigenvalue weighted by molar-refractivity contribution is 9.10. The van der Waals surface area contributed by atoms with Crippen LogP contribution in [-0.4, -0.2) is 44.3 Å². The van der Waals surface area contributed by atoms with Crippen LogP contribution in [0.4, 0.5) is 5.69 Å². The summed E-state index contributed by atoms with van der Waals surface area (Å²) in [7, 11) is -4.14. The summed E-state index contributed by atoms with van der Waals surface area (Å²) in [6.07, 6.45) is 0. The predicted molar refractivity (Wildman–Crippen MR) is 155 cm³/mol. The third-order valence-electron chi connectivity index (χ3n) is 5.86. The van der Waals surface area contributed by atoms with Crippen molar-refractivity contribution in [1.29, 1.82) is 0 Å². The van der Waals surface area contributed by atoms with Crippen LogP contribution in [0.5, 0.6) is 0 Å². The van der Waals surface area contributed by atoms with Crippen LogP contribution in [0.3, 0.4) is 0 Å². The van der Waals surface area contributed by atoms with Crippen LogP contribution in [0.2, 0.25) is 10.0 Å². The number of anilines is 1. The molecule has 0 aliphatic carbocycles. The summed E-state index contributed by atoms with van der Waals surface area (Å²) in [5.74, 6) is -0.952. The van der Waals surface area contributed by atoms with Gasteiger partial charge in [0, 0.05) is 27.6 Å². The molecule has 3 rings (SSSR count). The Kier molecular flexibility index (Phi) is 10.2. The van der Waals surface area contributed by atoms with Crippen LogP contribution in [0.15, 0.2) is 76.1 Å². The number of hydrogen-bond donors (Lipinski definition) is 1. The van der Waals surface area contributed by atoms with E-state index in [9.17, 15) is 18.0 Å². The van der Waals surface area contributed by atoms with Gasteiger partial charge < -0.3 is 10.2 Å². The molecule has 2 amide bonds. The third kappa shape index (κ3) is 7.28. The monoisotopic (exact) mass is 639 g/mol. The fourth-order valence-electron chi connectivity index (χ4n) is 3.74. The molecule has 0 heterocycles. The van der Waals surface area contributed by atoms with Gasteiger partial charge >= 0.3 is 0 Å². The van der Waals surface area contributed by atoms with E-state index in [0.29, 0.717) is 32.3 Å². The Bertz CT molecular complexity index is 1420.